The molecule has 0 saturated carbocycles. The average molecular weight is 228 g/mol. The topological polar surface area (TPSA) is 38.3 Å². The van der Waals surface area contributed by atoms with Gasteiger partial charge in [0.05, 0.1) is 0 Å². The van der Waals surface area contributed by atoms with Gasteiger partial charge in [-0.3, -0.25) is 0 Å². The second-order valence-electron chi connectivity index (χ2n) is 3.60. The Bertz CT molecular complexity index is 364. The van der Waals surface area contributed by atoms with Crippen LogP contribution in [0.1, 0.15) is 19.4 Å². The number of aryl methyl sites for hydroxylation is 1. The molecule has 1 aromatic carbocycles. The van der Waals surface area contributed by atoms with Gasteiger partial charge in [-0.05, 0) is 44.5 Å². The number of benzene rings is 1. The molecule has 15 heavy (non-hydrogen) atoms. The van der Waals surface area contributed by atoms with Crippen molar-refractivity contribution in [2.75, 3.05) is 0 Å². The Labute approximate surface area is 94.4 Å². The summed E-state index contributed by atoms with van der Waals surface area (Å²) >= 11 is 5.78. The normalized spacial score (nSPS) is 10.2. The molecule has 0 fully saturated rings. The lowest BCUT2D eigenvalue weighted by Gasteiger charge is -2.10. The van der Waals surface area contributed by atoms with Crippen LogP contribution >= 0.6 is 11.6 Å². The molecule has 0 radical (unpaired) electrons. The molecule has 0 aromatic heterocycles. The molecule has 1 N–H and O–H groups in total. The summed E-state index contributed by atoms with van der Waals surface area (Å²) in [5, 5.41) is 3.27. The molecule has 0 saturated heterocycles. The molecule has 0 atom stereocenters. The van der Waals surface area contributed by atoms with E-state index in [0.717, 1.165) is 5.56 Å². The highest BCUT2D eigenvalue weighted by molar-refractivity contribution is 6.30. The Morgan fingerprint density at radius 2 is 2.13 bits per heavy atom. The lowest BCUT2D eigenvalue weighted by molar-refractivity contribution is 0.197. The summed E-state index contributed by atoms with van der Waals surface area (Å²) in [5.41, 5.74) is 0.835. The predicted octanol–water partition coefficient (Wildman–Crippen LogP) is 3.15. The van der Waals surface area contributed by atoms with Crippen LogP contribution in [0.3, 0.4) is 0 Å². The van der Waals surface area contributed by atoms with E-state index in [0.29, 0.717) is 10.8 Å². The van der Waals surface area contributed by atoms with Crippen molar-refractivity contribution in [1.29, 1.82) is 0 Å². The molecule has 1 aromatic rings. The van der Waals surface area contributed by atoms with Crippen molar-refractivity contribution < 1.29 is 9.53 Å². The van der Waals surface area contributed by atoms with Crippen molar-refractivity contribution in [3.63, 3.8) is 0 Å². The SMILES string of the molecule is Cc1cc(Cl)ccc1OC(=O)NC(C)C. The Morgan fingerprint density at radius 3 is 2.67 bits per heavy atom. The minimum Gasteiger partial charge on any atom is -0.410 e. The zero-order chi connectivity index (χ0) is 11.4. The zero-order valence-electron chi connectivity index (χ0n) is 9.00. The molecule has 1 rings (SSSR count). The van der Waals surface area contributed by atoms with Gasteiger partial charge in [0, 0.05) is 11.1 Å². The number of rotatable bonds is 2. The van der Waals surface area contributed by atoms with Crippen LogP contribution in [0.25, 0.3) is 0 Å². The van der Waals surface area contributed by atoms with E-state index in [-0.39, 0.29) is 6.04 Å². The molecular weight excluding hydrogens is 214 g/mol. The number of carbonyl (C=O) groups is 1. The predicted molar refractivity (Wildman–Crippen MR) is 60.5 cm³/mol. The summed E-state index contributed by atoms with van der Waals surface area (Å²) in [7, 11) is 0. The van der Waals surface area contributed by atoms with E-state index in [1.54, 1.807) is 18.2 Å². The maximum atomic E-state index is 11.3. The van der Waals surface area contributed by atoms with Gasteiger partial charge < -0.3 is 10.1 Å². The van der Waals surface area contributed by atoms with E-state index in [1.165, 1.54) is 0 Å². The first-order chi connectivity index (χ1) is 6.99. The average Bonchev–Trinajstić information content (AvgIpc) is 2.08. The van der Waals surface area contributed by atoms with Crippen molar-refractivity contribution in [3.8, 4) is 5.75 Å². The highest BCUT2D eigenvalue weighted by Crippen LogP contribution is 2.21. The molecular formula is C11H14ClNO2. The number of ether oxygens (including phenoxy) is 1. The molecule has 0 unspecified atom stereocenters. The van der Waals surface area contributed by atoms with Gasteiger partial charge in [0.1, 0.15) is 5.75 Å². The highest BCUT2D eigenvalue weighted by atomic mass is 35.5. The maximum Gasteiger partial charge on any atom is 0.412 e. The number of nitrogens with one attached hydrogen (secondary N) is 1. The van der Waals surface area contributed by atoms with E-state index in [9.17, 15) is 4.79 Å². The van der Waals surface area contributed by atoms with Crippen molar-refractivity contribution in [2.24, 2.45) is 0 Å². The number of halogens is 1. The summed E-state index contributed by atoms with van der Waals surface area (Å²) in [6.45, 7) is 5.58. The Morgan fingerprint density at radius 1 is 1.47 bits per heavy atom. The van der Waals surface area contributed by atoms with E-state index in [2.05, 4.69) is 5.32 Å². The van der Waals surface area contributed by atoms with E-state index < -0.39 is 6.09 Å². The number of carbonyl (C=O) groups excluding carboxylic acids is 1. The molecule has 0 aliphatic heterocycles. The van der Waals surface area contributed by atoms with Crippen LogP contribution in [0.2, 0.25) is 5.02 Å². The van der Waals surface area contributed by atoms with Crippen LogP contribution in [0.5, 0.6) is 5.75 Å². The first kappa shape index (κ1) is 11.9. The standard InChI is InChI=1S/C11H14ClNO2/c1-7(2)13-11(14)15-10-5-4-9(12)6-8(10)3/h4-7H,1-3H3,(H,13,14). The fourth-order valence-electron chi connectivity index (χ4n) is 1.09. The molecule has 0 aliphatic carbocycles. The van der Waals surface area contributed by atoms with E-state index in [1.807, 2.05) is 20.8 Å². The van der Waals surface area contributed by atoms with Gasteiger partial charge in [0.25, 0.3) is 0 Å². The molecule has 82 valence electrons. The maximum absolute atomic E-state index is 11.3. The van der Waals surface area contributed by atoms with Crippen LogP contribution in [-0.2, 0) is 0 Å². The Kier molecular flexibility index (Phi) is 3.97. The van der Waals surface area contributed by atoms with E-state index >= 15 is 0 Å². The summed E-state index contributed by atoms with van der Waals surface area (Å²) in [4.78, 5) is 11.3. The first-order valence-electron chi connectivity index (χ1n) is 4.73. The van der Waals surface area contributed by atoms with Crippen molar-refractivity contribution in [2.45, 2.75) is 26.8 Å². The minimum atomic E-state index is -0.449. The molecule has 3 nitrogen and oxygen atoms in total. The fourth-order valence-corrected chi connectivity index (χ4v) is 1.32. The van der Waals surface area contributed by atoms with Crippen LogP contribution in [0.4, 0.5) is 4.79 Å². The van der Waals surface area contributed by atoms with Crippen molar-refractivity contribution in [1.82, 2.24) is 5.32 Å². The number of hydrogen-bond donors (Lipinski definition) is 1. The Balaban J connectivity index is 2.68. The van der Waals surface area contributed by atoms with Crippen LogP contribution < -0.4 is 10.1 Å². The third kappa shape index (κ3) is 3.80. The van der Waals surface area contributed by atoms with Crippen molar-refractivity contribution in [3.05, 3.63) is 28.8 Å². The van der Waals surface area contributed by atoms with Crippen molar-refractivity contribution >= 4 is 17.7 Å². The summed E-state index contributed by atoms with van der Waals surface area (Å²) in [6, 6.07) is 5.18. The quantitative estimate of drug-likeness (QED) is 0.843. The molecule has 0 bridgehead atoms. The summed E-state index contributed by atoms with van der Waals surface area (Å²) < 4.78 is 5.10. The van der Waals surface area contributed by atoms with Gasteiger partial charge in [-0.25, -0.2) is 4.79 Å². The van der Waals surface area contributed by atoms with Gasteiger partial charge in [0.15, 0.2) is 0 Å². The molecule has 1 amide bonds. The van der Waals surface area contributed by atoms with Gasteiger partial charge in [-0.15, -0.1) is 0 Å². The molecule has 0 spiro atoms. The third-order valence-corrected chi connectivity index (χ3v) is 1.98. The van der Waals surface area contributed by atoms with Gasteiger partial charge in [-0.2, -0.15) is 0 Å². The van der Waals surface area contributed by atoms with Crippen LogP contribution in [0, 0.1) is 6.92 Å². The number of amides is 1. The third-order valence-electron chi connectivity index (χ3n) is 1.75. The van der Waals surface area contributed by atoms with Gasteiger partial charge >= 0.3 is 6.09 Å². The molecule has 0 aliphatic rings. The van der Waals surface area contributed by atoms with Crippen LogP contribution in [-0.4, -0.2) is 12.1 Å². The monoisotopic (exact) mass is 227 g/mol. The molecule has 0 heterocycles. The minimum absolute atomic E-state index is 0.0603. The van der Waals surface area contributed by atoms with E-state index in [4.69, 9.17) is 16.3 Å². The van der Waals surface area contributed by atoms with Gasteiger partial charge in [0.2, 0.25) is 0 Å². The number of hydrogen-bond acceptors (Lipinski definition) is 2. The molecule has 4 heteroatoms. The second-order valence-corrected chi connectivity index (χ2v) is 4.03. The largest absolute Gasteiger partial charge is 0.412 e. The summed E-state index contributed by atoms with van der Waals surface area (Å²) in [5.74, 6) is 0.526. The smallest absolute Gasteiger partial charge is 0.410 e. The van der Waals surface area contributed by atoms with Crippen LogP contribution in [0.15, 0.2) is 18.2 Å². The zero-order valence-corrected chi connectivity index (χ0v) is 9.76. The lowest BCUT2D eigenvalue weighted by atomic mass is 10.2. The highest BCUT2D eigenvalue weighted by Gasteiger charge is 2.07. The lowest BCUT2D eigenvalue weighted by Crippen LogP contribution is -2.32. The second kappa shape index (κ2) is 5.03. The first-order valence-corrected chi connectivity index (χ1v) is 5.11. The fraction of sp³-hybridized carbons (Fsp3) is 0.364. The van der Waals surface area contributed by atoms with Gasteiger partial charge in [-0.1, -0.05) is 11.6 Å². The Hall–Kier alpha value is -1.22. The summed E-state index contributed by atoms with van der Waals surface area (Å²) in [6.07, 6.45) is -0.449.